The number of amides is 1. The summed E-state index contributed by atoms with van der Waals surface area (Å²) in [4.78, 5) is 17.4. The van der Waals surface area contributed by atoms with Crippen molar-refractivity contribution in [3.8, 4) is 0 Å². The summed E-state index contributed by atoms with van der Waals surface area (Å²) in [6.45, 7) is 7.26. The number of carbonyl (C=O) groups is 1. The fourth-order valence-corrected chi connectivity index (χ4v) is 4.39. The van der Waals surface area contributed by atoms with Gasteiger partial charge in [0.05, 0.1) is 11.3 Å². The van der Waals surface area contributed by atoms with Crippen molar-refractivity contribution in [2.24, 2.45) is 5.92 Å². The third kappa shape index (κ3) is 4.99. The maximum atomic E-state index is 12.7. The molecule has 1 aliphatic heterocycles. The third-order valence-corrected chi connectivity index (χ3v) is 6.98. The van der Waals surface area contributed by atoms with Gasteiger partial charge in [-0.3, -0.25) is 4.79 Å². The molecule has 1 fully saturated rings. The van der Waals surface area contributed by atoms with Gasteiger partial charge in [0.1, 0.15) is 5.82 Å². The molecular formula is C19H30N4O3S. The van der Waals surface area contributed by atoms with Crippen LogP contribution in [0.4, 0.5) is 5.82 Å². The van der Waals surface area contributed by atoms with Gasteiger partial charge in [-0.05, 0) is 57.6 Å². The first kappa shape index (κ1) is 20.1. The van der Waals surface area contributed by atoms with Crippen LogP contribution < -0.4 is 10.6 Å². The number of sulfonamides is 1. The second-order valence-electron chi connectivity index (χ2n) is 7.74. The Kier molecular flexibility index (Phi) is 6.05. The SMILES string of the molecule is CCS(=O)(=O)N1CCc2cc(C(=O)NCC3CC3)c(NC(C)C)nc2CC1. The van der Waals surface area contributed by atoms with Crippen LogP contribution in [-0.2, 0) is 22.9 Å². The summed E-state index contributed by atoms with van der Waals surface area (Å²) in [5, 5.41) is 6.29. The summed E-state index contributed by atoms with van der Waals surface area (Å²) in [7, 11) is -3.22. The lowest BCUT2D eigenvalue weighted by atomic mass is 10.0. The lowest BCUT2D eigenvalue weighted by Crippen LogP contribution is -2.34. The molecule has 1 amide bonds. The highest BCUT2D eigenvalue weighted by molar-refractivity contribution is 7.89. The molecule has 2 heterocycles. The summed E-state index contributed by atoms with van der Waals surface area (Å²) < 4.78 is 26.0. The molecule has 8 heteroatoms. The summed E-state index contributed by atoms with van der Waals surface area (Å²) in [5.41, 5.74) is 2.40. The van der Waals surface area contributed by atoms with Gasteiger partial charge in [0.15, 0.2) is 0 Å². The highest BCUT2D eigenvalue weighted by Gasteiger charge is 2.27. The number of anilines is 1. The average molecular weight is 395 g/mol. The number of pyridine rings is 1. The highest BCUT2D eigenvalue weighted by Crippen LogP contribution is 2.28. The first-order valence-electron chi connectivity index (χ1n) is 9.85. The zero-order chi connectivity index (χ0) is 19.6. The third-order valence-electron chi connectivity index (χ3n) is 5.10. The molecular weight excluding hydrogens is 364 g/mol. The molecule has 7 nitrogen and oxygen atoms in total. The van der Waals surface area contributed by atoms with Crippen LogP contribution in [0, 0.1) is 5.92 Å². The van der Waals surface area contributed by atoms with Crippen LogP contribution in [-0.4, -0.2) is 55.0 Å². The normalized spacial score (nSPS) is 18.1. The van der Waals surface area contributed by atoms with E-state index in [1.807, 2.05) is 19.9 Å². The zero-order valence-electron chi connectivity index (χ0n) is 16.4. The maximum Gasteiger partial charge on any atom is 0.255 e. The van der Waals surface area contributed by atoms with Crippen molar-refractivity contribution >= 4 is 21.7 Å². The summed E-state index contributed by atoms with van der Waals surface area (Å²) >= 11 is 0. The lowest BCUT2D eigenvalue weighted by molar-refractivity contribution is 0.0952. The quantitative estimate of drug-likeness (QED) is 0.736. The number of fused-ring (bicyclic) bond motifs is 1. The first-order valence-corrected chi connectivity index (χ1v) is 11.5. The molecule has 3 rings (SSSR count). The lowest BCUT2D eigenvalue weighted by Gasteiger charge is -2.18. The molecule has 2 aliphatic rings. The molecule has 150 valence electrons. The van der Waals surface area contributed by atoms with Crippen molar-refractivity contribution in [3.63, 3.8) is 0 Å². The summed E-state index contributed by atoms with van der Waals surface area (Å²) in [5.74, 6) is 1.19. The number of rotatable bonds is 7. The van der Waals surface area contributed by atoms with E-state index in [0.29, 0.717) is 49.8 Å². The molecule has 0 bridgehead atoms. The highest BCUT2D eigenvalue weighted by atomic mass is 32.2. The topological polar surface area (TPSA) is 91.4 Å². The van der Waals surface area contributed by atoms with E-state index < -0.39 is 10.0 Å². The van der Waals surface area contributed by atoms with E-state index in [0.717, 1.165) is 11.3 Å². The van der Waals surface area contributed by atoms with Gasteiger partial charge in [-0.15, -0.1) is 0 Å². The molecule has 1 aromatic rings. The van der Waals surface area contributed by atoms with Gasteiger partial charge in [-0.1, -0.05) is 0 Å². The minimum atomic E-state index is -3.22. The van der Waals surface area contributed by atoms with Crippen LogP contribution in [0.1, 0.15) is 55.2 Å². The monoisotopic (exact) mass is 394 g/mol. The van der Waals surface area contributed by atoms with E-state index in [9.17, 15) is 13.2 Å². The van der Waals surface area contributed by atoms with Gasteiger partial charge in [-0.25, -0.2) is 17.7 Å². The molecule has 0 aromatic carbocycles. The Morgan fingerprint density at radius 2 is 2.00 bits per heavy atom. The van der Waals surface area contributed by atoms with Crippen molar-refractivity contribution in [1.82, 2.24) is 14.6 Å². The maximum absolute atomic E-state index is 12.7. The molecule has 27 heavy (non-hydrogen) atoms. The predicted molar refractivity (Wildman–Crippen MR) is 106 cm³/mol. The van der Waals surface area contributed by atoms with Crippen LogP contribution in [0.5, 0.6) is 0 Å². The molecule has 1 saturated carbocycles. The summed E-state index contributed by atoms with van der Waals surface area (Å²) in [6.07, 6.45) is 3.50. The Bertz CT molecular complexity index is 803. The Balaban J connectivity index is 1.86. The van der Waals surface area contributed by atoms with Crippen LogP contribution >= 0.6 is 0 Å². The molecule has 0 unspecified atom stereocenters. The number of aromatic nitrogens is 1. The number of nitrogens with one attached hydrogen (secondary N) is 2. The van der Waals surface area contributed by atoms with Gasteiger partial charge >= 0.3 is 0 Å². The Hall–Kier alpha value is -1.67. The van der Waals surface area contributed by atoms with Crippen molar-refractivity contribution in [2.75, 3.05) is 30.7 Å². The number of hydrogen-bond acceptors (Lipinski definition) is 5. The first-order chi connectivity index (χ1) is 12.8. The smallest absolute Gasteiger partial charge is 0.255 e. The minimum Gasteiger partial charge on any atom is -0.367 e. The molecule has 1 aromatic heterocycles. The molecule has 2 N–H and O–H groups in total. The van der Waals surface area contributed by atoms with Crippen LogP contribution in [0.3, 0.4) is 0 Å². The van der Waals surface area contributed by atoms with Crippen LogP contribution in [0.15, 0.2) is 6.07 Å². The fraction of sp³-hybridized carbons (Fsp3) is 0.684. The largest absolute Gasteiger partial charge is 0.367 e. The Morgan fingerprint density at radius 3 is 2.63 bits per heavy atom. The van der Waals surface area contributed by atoms with Gasteiger partial charge in [0.2, 0.25) is 10.0 Å². The van der Waals surface area contributed by atoms with Gasteiger partial charge in [0.25, 0.3) is 5.91 Å². The van der Waals surface area contributed by atoms with Crippen LogP contribution in [0.2, 0.25) is 0 Å². The Morgan fingerprint density at radius 1 is 1.30 bits per heavy atom. The van der Waals surface area contributed by atoms with Gasteiger partial charge in [-0.2, -0.15) is 0 Å². The second kappa shape index (κ2) is 8.14. The van der Waals surface area contributed by atoms with Crippen molar-refractivity contribution < 1.29 is 13.2 Å². The van der Waals surface area contributed by atoms with E-state index in [1.165, 1.54) is 17.1 Å². The predicted octanol–water partition coefficient (Wildman–Crippen LogP) is 1.79. The van der Waals surface area contributed by atoms with E-state index in [1.54, 1.807) is 6.92 Å². The van der Waals surface area contributed by atoms with Crippen molar-refractivity contribution in [3.05, 3.63) is 22.9 Å². The van der Waals surface area contributed by atoms with E-state index in [-0.39, 0.29) is 17.7 Å². The van der Waals surface area contributed by atoms with Crippen molar-refractivity contribution in [1.29, 1.82) is 0 Å². The van der Waals surface area contributed by atoms with E-state index >= 15 is 0 Å². The fourth-order valence-electron chi connectivity index (χ4n) is 3.28. The average Bonchev–Trinajstić information content (AvgIpc) is 3.45. The molecule has 0 atom stereocenters. The number of nitrogens with zero attached hydrogens (tertiary/aromatic N) is 2. The minimum absolute atomic E-state index is 0.103. The Labute approximate surface area is 162 Å². The van der Waals surface area contributed by atoms with Gasteiger partial charge in [0, 0.05) is 37.8 Å². The van der Waals surface area contributed by atoms with Crippen molar-refractivity contribution in [2.45, 2.75) is 52.5 Å². The summed E-state index contributed by atoms with van der Waals surface area (Å²) in [6, 6.07) is 2.05. The number of hydrogen-bond donors (Lipinski definition) is 2. The van der Waals surface area contributed by atoms with E-state index in [4.69, 9.17) is 4.98 Å². The van der Waals surface area contributed by atoms with Crippen LogP contribution in [0.25, 0.3) is 0 Å². The standard InChI is InChI=1S/C19H30N4O3S/c1-4-27(25,26)23-9-7-15-11-16(19(24)20-12-14-5-6-14)18(21-13(2)3)22-17(15)8-10-23/h11,13-14H,4-10,12H2,1-3H3,(H,20,24)(H,21,22). The second-order valence-corrected chi connectivity index (χ2v) is 10.00. The molecule has 0 spiro atoms. The molecule has 0 saturated heterocycles. The number of carbonyl (C=O) groups excluding carboxylic acids is 1. The molecule has 1 aliphatic carbocycles. The zero-order valence-corrected chi connectivity index (χ0v) is 17.2. The van der Waals surface area contributed by atoms with Gasteiger partial charge < -0.3 is 10.6 Å². The van der Waals surface area contributed by atoms with E-state index in [2.05, 4.69) is 10.6 Å². The molecule has 0 radical (unpaired) electrons.